The van der Waals surface area contributed by atoms with E-state index < -0.39 is 17.5 Å². The maximum atomic E-state index is 11.6. The average molecular weight is 240 g/mol. The lowest BCUT2D eigenvalue weighted by Crippen LogP contribution is -2.51. The number of aromatic nitrogens is 2. The first-order chi connectivity index (χ1) is 7.72. The minimum absolute atomic E-state index is 0.547. The number of nitrogens with one attached hydrogen (secondary N) is 2. The molecule has 1 aromatic rings. The summed E-state index contributed by atoms with van der Waals surface area (Å²) in [5, 5.41) is 17.8. The Kier molecular flexibility index (Phi) is 3.40. The molecule has 0 saturated carbocycles. The molecule has 0 spiro atoms. The van der Waals surface area contributed by atoms with Gasteiger partial charge in [0.25, 0.3) is 0 Å². The molecule has 0 aliphatic rings. The van der Waals surface area contributed by atoms with Crippen molar-refractivity contribution in [2.24, 2.45) is 7.05 Å². The van der Waals surface area contributed by atoms with Crippen LogP contribution in [0.1, 0.15) is 19.5 Å². The molecule has 0 aromatic carbocycles. The van der Waals surface area contributed by atoms with Gasteiger partial charge in [-0.3, -0.25) is 4.68 Å². The van der Waals surface area contributed by atoms with E-state index in [1.54, 1.807) is 24.9 Å². The van der Waals surface area contributed by atoms with Crippen molar-refractivity contribution in [3.63, 3.8) is 0 Å². The van der Waals surface area contributed by atoms with Crippen molar-refractivity contribution < 1.29 is 14.7 Å². The van der Waals surface area contributed by atoms with E-state index in [1.807, 2.05) is 0 Å². The molecule has 94 valence electrons. The zero-order valence-corrected chi connectivity index (χ0v) is 10.2. The Morgan fingerprint density at radius 2 is 2.06 bits per heavy atom. The van der Waals surface area contributed by atoms with Crippen molar-refractivity contribution in [2.75, 3.05) is 5.32 Å². The molecule has 2 amide bonds. The van der Waals surface area contributed by atoms with Crippen LogP contribution in [0.3, 0.4) is 0 Å². The number of anilines is 1. The van der Waals surface area contributed by atoms with Gasteiger partial charge in [-0.15, -0.1) is 0 Å². The molecule has 1 aromatic heterocycles. The first kappa shape index (κ1) is 13.0. The first-order valence-corrected chi connectivity index (χ1v) is 5.05. The molecule has 0 unspecified atom stereocenters. The highest BCUT2D eigenvalue weighted by Crippen LogP contribution is 2.11. The Labute approximate surface area is 98.8 Å². The van der Waals surface area contributed by atoms with Gasteiger partial charge in [-0.2, -0.15) is 5.10 Å². The van der Waals surface area contributed by atoms with Crippen LogP contribution in [0.4, 0.5) is 10.5 Å². The normalized spacial score (nSPS) is 11.1. The summed E-state index contributed by atoms with van der Waals surface area (Å²) in [6, 6.07) is -0.575. The molecule has 0 radical (unpaired) electrons. The Hall–Kier alpha value is -2.05. The van der Waals surface area contributed by atoms with Gasteiger partial charge < -0.3 is 15.7 Å². The summed E-state index contributed by atoms with van der Waals surface area (Å²) in [7, 11) is 1.73. The summed E-state index contributed by atoms with van der Waals surface area (Å²) in [5.74, 6) is -1.10. The fraction of sp³-hybridized carbons (Fsp3) is 0.500. The predicted octanol–water partition coefficient (Wildman–Crippen LogP) is 0.713. The van der Waals surface area contributed by atoms with Crippen LogP contribution in [0.2, 0.25) is 0 Å². The Balaban J connectivity index is 2.68. The monoisotopic (exact) mass is 240 g/mol. The van der Waals surface area contributed by atoms with E-state index in [1.165, 1.54) is 13.8 Å². The molecular formula is C10H16N4O3. The molecule has 17 heavy (non-hydrogen) atoms. The van der Waals surface area contributed by atoms with E-state index in [0.717, 1.165) is 0 Å². The Bertz CT molecular complexity index is 450. The van der Waals surface area contributed by atoms with Gasteiger partial charge in [0.2, 0.25) is 0 Å². The number of carboxylic acids is 1. The maximum Gasteiger partial charge on any atom is 0.328 e. The number of hydrogen-bond donors (Lipinski definition) is 3. The van der Waals surface area contributed by atoms with Gasteiger partial charge in [0.05, 0.1) is 11.4 Å². The second kappa shape index (κ2) is 4.44. The minimum Gasteiger partial charge on any atom is -0.480 e. The molecule has 0 bridgehead atoms. The third kappa shape index (κ3) is 3.20. The van der Waals surface area contributed by atoms with E-state index in [0.29, 0.717) is 11.4 Å². The largest absolute Gasteiger partial charge is 0.480 e. The Morgan fingerprint density at radius 1 is 1.47 bits per heavy atom. The van der Waals surface area contributed by atoms with Crippen molar-refractivity contribution >= 4 is 17.7 Å². The number of aryl methyl sites for hydroxylation is 2. The van der Waals surface area contributed by atoms with Crippen molar-refractivity contribution in [1.29, 1.82) is 0 Å². The van der Waals surface area contributed by atoms with Crippen LogP contribution >= 0.6 is 0 Å². The molecule has 0 fully saturated rings. The summed E-state index contributed by atoms with van der Waals surface area (Å²) in [4.78, 5) is 22.4. The van der Waals surface area contributed by atoms with Gasteiger partial charge in [0.15, 0.2) is 0 Å². The maximum absolute atomic E-state index is 11.6. The minimum atomic E-state index is -1.32. The number of aliphatic carboxylic acids is 1. The van der Waals surface area contributed by atoms with Gasteiger partial charge in [0.1, 0.15) is 5.54 Å². The lowest BCUT2D eigenvalue weighted by molar-refractivity contribution is -0.142. The lowest BCUT2D eigenvalue weighted by atomic mass is 10.1. The third-order valence-corrected chi connectivity index (χ3v) is 2.22. The Morgan fingerprint density at radius 3 is 2.47 bits per heavy atom. The number of nitrogens with zero attached hydrogens (tertiary/aromatic N) is 2. The van der Waals surface area contributed by atoms with Crippen LogP contribution in [0.5, 0.6) is 0 Å². The summed E-state index contributed by atoms with van der Waals surface area (Å²) in [5.41, 5.74) is -0.109. The smallest absolute Gasteiger partial charge is 0.328 e. The quantitative estimate of drug-likeness (QED) is 0.725. The molecule has 0 aliphatic carbocycles. The van der Waals surface area contributed by atoms with Crippen LogP contribution in [0.25, 0.3) is 0 Å². The predicted molar refractivity (Wildman–Crippen MR) is 61.8 cm³/mol. The molecule has 7 nitrogen and oxygen atoms in total. The van der Waals surface area contributed by atoms with E-state index in [4.69, 9.17) is 5.11 Å². The number of urea groups is 1. The van der Waals surface area contributed by atoms with Gasteiger partial charge in [-0.05, 0) is 20.8 Å². The van der Waals surface area contributed by atoms with Crippen LogP contribution in [-0.2, 0) is 11.8 Å². The van der Waals surface area contributed by atoms with Crippen LogP contribution < -0.4 is 10.6 Å². The van der Waals surface area contributed by atoms with Gasteiger partial charge >= 0.3 is 12.0 Å². The highest BCUT2D eigenvalue weighted by molar-refractivity contribution is 5.93. The number of carboxylic acid groups (broad SMARTS) is 1. The van der Waals surface area contributed by atoms with E-state index in [9.17, 15) is 9.59 Å². The fourth-order valence-corrected chi connectivity index (χ4v) is 1.21. The van der Waals surface area contributed by atoms with Crippen LogP contribution in [0, 0.1) is 6.92 Å². The lowest BCUT2D eigenvalue weighted by Gasteiger charge is -2.20. The van der Waals surface area contributed by atoms with Crippen molar-refractivity contribution in [2.45, 2.75) is 26.3 Å². The number of carbonyl (C=O) groups is 2. The molecule has 3 N–H and O–H groups in total. The summed E-state index contributed by atoms with van der Waals surface area (Å²) < 4.78 is 1.56. The number of carbonyl (C=O) groups excluding carboxylic acids is 1. The standard InChI is InChI=1S/C10H16N4O3/c1-6-7(5-14(4)13-6)11-9(17)12-10(2,3)8(15)16/h5H,1-4H3,(H,15,16)(H2,11,12,17). The topological polar surface area (TPSA) is 96.3 Å². The molecule has 0 atom stereocenters. The SMILES string of the molecule is Cc1nn(C)cc1NC(=O)NC(C)(C)C(=O)O. The zero-order valence-electron chi connectivity index (χ0n) is 10.2. The van der Waals surface area contributed by atoms with Gasteiger partial charge in [0, 0.05) is 13.2 Å². The fourth-order valence-electron chi connectivity index (χ4n) is 1.21. The first-order valence-electron chi connectivity index (χ1n) is 5.05. The highest BCUT2D eigenvalue weighted by Gasteiger charge is 2.29. The second-order valence-electron chi connectivity index (χ2n) is 4.31. The van der Waals surface area contributed by atoms with Crippen molar-refractivity contribution in [1.82, 2.24) is 15.1 Å². The molecule has 0 aliphatic heterocycles. The summed E-state index contributed by atoms with van der Waals surface area (Å²) >= 11 is 0. The van der Waals surface area contributed by atoms with Crippen LogP contribution in [0.15, 0.2) is 6.20 Å². The van der Waals surface area contributed by atoms with Crippen LogP contribution in [-0.4, -0.2) is 32.4 Å². The van der Waals surface area contributed by atoms with E-state index >= 15 is 0 Å². The highest BCUT2D eigenvalue weighted by atomic mass is 16.4. The van der Waals surface area contributed by atoms with Crippen molar-refractivity contribution in [3.05, 3.63) is 11.9 Å². The molecule has 1 rings (SSSR count). The number of hydrogen-bond acceptors (Lipinski definition) is 3. The number of amides is 2. The average Bonchev–Trinajstić information content (AvgIpc) is 2.43. The van der Waals surface area contributed by atoms with E-state index in [-0.39, 0.29) is 0 Å². The number of rotatable bonds is 3. The molecular weight excluding hydrogens is 224 g/mol. The zero-order chi connectivity index (χ0) is 13.2. The molecule has 0 saturated heterocycles. The second-order valence-corrected chi connectivity index (χ2v) is 4.31. The van der Waals surface area contributed by atoms with E-state index in [2.05, 4.69) is 15.7 Å². The molecule has 1 heterocycles. The summed E-state index contributed by atoms with van der Waals surface area (Å²) in [6.45, 7) is 4.56. The summed E-state index contributed by atoms with van der Waals surface area (Å²) in [6.07, 6.45) is 1.64. The third-order valence-electron chi connectivity index (χ3n) is 2.22. The molecule has 7 heteroatoms. The van der Waals surface area contributed by atoms with Crippen molar-refractivity contribution in [3.8, 4) is 0 Å². The van der Waals surface area contributed by atoms with Gasteiger partial charge in [-0.1, -0.05) is 0 Å². The van der Waals surface area contributed by atoms with Gasteiger partial charge in [-0.25, -0.2) is 9.59 Å².